The predicted molar refractivity (Wildman–Crippen MR) is 44.6 cm³/mol. The molecule has 1 heterocycles. The average Bonchev–Trinajstić information content (AvgIpc) is 1.94. The lowest BCUT2D eigenvalue weighted by Gasteiger charge is -2.00. The molecule has 0 aliphatic heterocycles. The van der Waals surface area contributed by atoms with Gasteiger partial charge in [0, 0.05) is 6.54 Å². The van der Waals surface area contributed by atoms with Gasteiger partial charge < -0.3 is 5.73 Å². The Morgan fingerprint density at radius 3 is 2.80 bits per heavy atom. The number of halogens is 1. The first-order chi connectivity index (χ1) is 4.74. The zero-order valence-corrected chi connectivity index (χ0v) is 7.35. The fraction of sp³-hybridized carbons (Fsp3) is 0.286. The number of hydrogen-bond donors (Lipinski definition) is 1. The molecule has 3 heteroatoms. The maximum atomic E-state index is 5.44. The van der Waals surface area contributed by atoms with Gasteiger partial charge in [-0.1, -0.05) is 6.07 Å². The predicted octanol–water partition coefficient (Wildman–Crippen LogP) is 1.61. The summed E-state index contributed by atoms with van der Waals surface area (Å²) in [4.78, 5) is 4.18. The smallest absolute Gasteiger partial charge is 0.106 e. The van der Waals surface area contributed by atoms with Crippen molar-refractivity contribution in [1.82, 2.24) is 4.98 Å². The first-order valence-electron chi connectivity index (χ1n) is 3.06. The van der Waals surface area contributed by atoms with E-state index in [4.69, 9.17) is 5.73 Å². The summed E-state index contributed by atoms with van der Waals surface area (Å²) in [7, 11) is 0. The Morgan fingerprint density at radius 2 is 2.30 bits per heavy atom. The molecule has 0 atom stereocenters. The van der Waals surface area contributed by atoms with E-state index < -0.39 is 0 Å². The van der Waals surface area contributed by atoms with Gasteiger partial charge in [0.25, 0.3) is 0 Å². The van der Waals surface area contributed by atoms with Crippen molar-refractivity contribution in [3.05, 3.63) is 28.0 Å². The van der Waals surface area contributed by atoms with Crippen LogP contribution in [0.5, 0.6) is 0 Å². The highest BCUT2D eigenvalue weighted by molar-refractivity contribution is 9.10. The van der Waals surface area contributed by atoms with E-state index in [1.165, 1.54) is 0 Å². The second-order valence-corrected chi connectivity index (χ2v) is 2.91. The molecular formula is C7H9BrN2. The Hall–Kier alpha value is -0.410. The SMILES string of the molecule is Cc1ccc(Br)nc1CN. The van der Waals surface area contributed by atoms with E-state index in [0.29, 0.717) is 6.54 Å². The second kappa shape index (κ2) is 3.12. The van der Waals surface area contributed by atoms with Crippen LogP contribution in [0.15, 0.2) is 16.7 Å². The molecule has 0 unspecified atom stereocenters. The molecule has 2 N–H and O–H groups in total. The highest BCUT2D eigenvalue weighted by Gasteiger charge is 1.96. The molecule has 1 aromatic heterocycles. The molecule has 0 bridgehead atoms. The number of aryl methyl sites for hydroxylation is 1. The molecule has 10 heavy (non-hydrogen) atoms. The van der Waals surface area contributed by atoms with Gasteiger partial charge in [-0.05, 0) is 34.5 Å². The van der Waals surface area contributed by atoms with Gasteiger partial charge in [-0.15, -0.1) is 0 Å². The molecule has 0 aromatic carbocycles. The van der Waals surface area contributed by atoms with Crippen LogP contribution in [-0.2, 0) is 6.54 Å². The van der Waals surface area contributed by atoms with Crippen molar-refractivity contribution in [2.75, 3.05) is 0 Å². The van der Waals surface area contributed by atoms with Crippen LogP contribution >= 0.6 is 15.9 Å². The normalized spacial score (nSPS) is 9.90. The summed E-state index contributed by atoms with van der Waals surface area (Å²) < 4.78 is 0.846. The number of hydrogen-bond acceptors (Lipinski definition) is 2. The van der Waals surface area contributed by atoms with Gasteiger partial charge in [-0.3, -0.25) is 0 Å². The van der Waals surface area contributed by atoms with Gasteiger partial charge in [0.05, 0.1) is 5.69 Å². The van der Waals surface area contributed by atoms with Gasteiger partial charge in [-0.25, -0.2) is 4.98 Å². The minimum Gasteiger partial charge on any atom is -0.325 e. The number of pyridine rings is 1. The molecular weight excluding hydrogens is 192 g/mol. The Bertz CT molecular complexity index is 235. The van der Waals surface area contributed by atoms with Crippen molar-refractivity contribution < 1.29 is 0 Å². The standard InChI is InChI=1S/C7H9BrN2/c1-5-2-3-7(8)10-6(5)4-9/h2-3H,4,9H2,1H3. The summed E-state index contributed by atoms with van der Waals surface area (Å²) in [6.07, 6.45) is 0. The highest BCUT2D eigenvalue weighted by atomic mass is 79.9. The fourth-order valence-electron chi connectivity index (χ4n) is 0.751. The average molecular weight is 201 g/mol. The fourth-order valence-corrected chi connectivity index (χ4v) is 1.10. The van der Waals surface area contributed by atoms with Crippen LogP contribution in [0.4, 0.5) is 0 Å². The number of aromatic nitrogens is 1. The molecule has 1 rings (SSSR count). The molecule has 54 valence electrons. The van der Waals surface area contributed by atoms with Crippen LogP contribution in [0, 0.1) is 6.92 Å². The maximum Gasteiger partial charge on any atom is 0.106 e. The maximum absolute atomic E-state index is 5.44. The lowest BCUT2D eigenvalue weighted by Crippen LogP contribution is -2.01. The quantitative estimate of drug-likeness (QED) is 0.701. The van der Waals surface area contributed by atoms with Gasteiger partial charge in [-0.2, -0.15) is 0 Å². The molecule has 0 aliphatic carbocycles. The number of nitrogens with two attached hydrogens (primary N) is 1. The van der Waals surface area contributed by atoms with Crippen molar-refractivity contribution in [3.8, 4) is 0 Å². The summed E-state index contributed by atoms with van der Waals surface area (Å²) >= 11 is 3.27. The second-order valence-electron chi connectivity index (χ2n) is 2.10. The third kappa shape index (κ3) is 1.55. The number of nitrogens with zero attached hydrogens (tertiary/aromatic N) is 1. The van der Waals surface area contributed by atoms with E-state index in [-0.39, 0.29) is 0 Å². The summed E-state index contributed by atoms with van der Waals surface area (Å²) in [5, 5.41) is 0. The Morgan fingerprint density at radius 1 is 1.60 bits per heavy atom. The largest absolute Gasteiger partial charge is 0.325 e. The van der Waals surface area contributed by atoms with E-state index >= 15 is 0 Å². The van der Waals surface area contributed by atoms with E-state index in [0.717, 1.165) is 15.9 Å². The van der Waals surface area contributed by atoms with Crippen LogP contribution in [0.25, 0.3) is 0 Å². The lowest BCUT2D eigenvalue weighted by atomic mass is 10.2. The van der Waals surface area contributed by atoms with Gasteiger partial charge in [0.15, 0.2) is 0 Å². The van der Waals surface area contributed by atoms with E-state index in [1.54, 1.807) is 0 Å². The van der Waals surface area contributed by atoms with E-state index in [9.17, 15) is 0 Å². The summed E-state index contributed by atoms with van der Waals surface area (Å²) in [6.45, 7) is 2.51. The van der Waals surface area contributed by atoms with Crippen molar-refractivity contribution in [1.29, 1.82) is 0 Å². The van der Waals surface area contributed by atoms with Crippen LogP contribution in [0.2, 0.25) is 0 Å². The Labute approximate surface area is 68.6 Å². The van der Waals surface area contributed by atoms with E-state index in [1.807, 2.05) is 19.1 Å². The third-order valence-electron chi connectivity index (χ3n) is 1.36. The van der Waals surface area contributed by atoms with Crippen LogP contribution in [0.3, 0.4) is 0 Å². The molecule has 0 fully saturated rings. The molecule has 0 radical (unpaired) electrons. The Kier molecular flexibility index (Phi) is 2.40. The minimum atomic E-state index is 0.505. The summed E-state index contributed by atoms with van der Waals surface area (Å²) in [5.41, 5.74) is 7.53. The molecule has 1 aromatic rings. The first kappa shape index (κ1) is 7.69. The first-order valence-corrected chi connectivity index (χ1v) is 3.85. The molecule has 2 nitrogen and oxygen atoms in total. The third-order valence-corrected chi connectivity index (χ3v) is 1.80. The zero-order chi connectivity index (χ0) is 7.56. The molecule has 0 amide bonds. The topological polar surface area (TPSA) is 38.9 Å². The van der Waals surface area contributed by atoms with Crippen LogP contribution in [0.1, 0.15) is 11.3 Å². The van der Waals surface area contributed by atoms with Crippen molar-refractivity contribution in [2.24, 2.45) is 5.73 Å². The van der Waals surface area contributed by atoms with Crippen molar-refractivity contribution in [3.63, 3.8) is 0 Å². The highest BCUT2D eigenvalue weighted by Crippen LogP contribution is 2.09. The lowest BCUT2D eigenvalue weighted by molar-refractivity contribution is 0.958. The Balaban J connectivity index is 3.09. The van der Waals surface area contributed by atoms with Crippen molar-refractivity contribution >= 4 is 15.9 Å². The van der Waals surface area contributed by atoms with Gasteiger partial charge >= 0.3 is 0 Å². The van der Waals surface area contributed by atoms with Gasteiger partial charge in [0.1, 0.15) is 4.60 Å². The van der Waals surface area contributed by atoms with Crippen LogP contribution < -0.4 is 5.73 Å². The van der Waals surface area contributed by atoms with Crippen molar-refractivity contribution in [2.45, 2.75) is 13.5 Å². The summed E-state index contributed by atoms with van der Waals surface area (Å²) in [6, 6.07) is 3.91. The monoisotopic (exact) mass is 200 g/mol. The minimum absolute atomic E-state index is 0.505. The van der Waals surface area contributed by atoms with Gasteiger partial charge in [0.2, 0.25) is 0 Å². The molecule has 0 saturated carbocycles. The summed E-state index contributed by atoms with van der Waals surface area (Å²) in [5.74, 6) is 0. The molecule has 0 aliphatic rings. The van der Waals surface area contributed by atoms with E-state index in [2.05, 4.69) is 20.9 Å². The molecule has 0 saturated heterocycles. The zero-order valence-electron chi connectivity index (χ0n) is 5.76. The van der Waals surface area contributed by atoms with Crippen LogP contribution in [-0.4, -0.2) is 4.98 Å². The molecule has 0 spiro atoms. The number of rotatable bonds is 1.